The molecule has 1 aromatic heterocycles. The highest BCUT2D eigenvalue weighted by Gasteiger charge is 2.11. The van der Waals surface area contributed by atoms with Crippen LogP contribution in [-0.4, -0.2) is 4.98 Å². The van der Waals surface area contributed by atoms with Crippen molar-refractivity contribution in [2.45, 2.75) is 0 Å². The molecule has 2 aromatic carbocycles. The molecule has 0 unspecified atom stereocenters. The lowest BCUT2D eigenvalue weighted by Gasteiger charge is -1.99. The molecule has 0 bridgehead atoms. The number of fused-ring (bicyclic) bond motifs is 1. The Morgan fingerprint density at radius 2 is 1.89 bits per heavy atom. The summed E-state index contributed by atoms with van der Waals surface area (Å²) in [4.78, 5) is 4.45. The van der Waals surface area contributed by atoms with Gasteiger partial charge in [0.25, 0.3) is 0 Å². The number of nitrogen functional groups attached to an aromatic ring is 1. The first kappa shape index (κ1) is 11.7. The van der Waals surface area contributed by atoms with Gasteiger partial charge in [-0.05, 0) is 46.3 Å². The molecule has 18 heavy (non-hydrogen) atoms. The molecule has 0 fully saturated rings. The predicted octanol–water partition coefficient (Wildman–Crippen LogP) is 4.60. The fraction of sp³-hybridized carbons (Fsp3) is 0. The zero-order valence-corrected chi connectivity index (χ0v) is 12.3. The van der Waals surface area contributed by atoms with E-state index in [1.54, 1.807) is 6.07 Å². The van der Waals surface area contributed by atoms with Gasteiger partial charge in [0.2, 0.25) is 5.89 Å². The summed E-state index contributed by atoms with van der Waals surface area (Å²) in [7, 11) is 0. The molecule has 1 heterocycles. The third-order valence-corrected chi connectivity index (χ3v) is 3.76. The van der Waals surface area contributed by atoms with Crippen molar-refractivity contribution >= 4 is 48.6 Å². The summed E-state index contributed by atoms with van der Waals surface area (Å²) in [5, 5.41) is 0. The van der Waals surface area contributed by atoms with Crippen molar-refractivity contribution in [1.29, 1.82) is 0 Å². The first-order chi connectivity index (χ1) is 8.63. The molecule has 0 radical (unpaired) electrons. The van der Waals surface area contributed by atoms with E-state index in [-0.39, 0.29) is 0 Å². The van der Waals surface area contributed by atoms with Crippen LogP contribution in [0.1, 0.15) is 0 Å². The molecule has 0 saturated carbocycles. The Bertz CT molecular complexity index is 737. The number of oxazole rings is 1. The number of aromatic nitrogens is 1. The Morgan fingerprint density at radius 1 is 1.06 bits per heavy atom. The molecular weight excluding hydrogens is 360 g/mol. The van der Waals surface area contributed by atoms with E-state index in [1.165, 1.54) is 0 Å². The minimum absolute atomic E-state index is 0.573. The van der Waals surface area contributed by atoms with Crippen LogP contribution in [0, 0.1) is 0 Å². The highest BCUT2D eigenvalue weighted by molar-refractivity contribution is 9.11. The number of rotatable bonds is 1. The predicted molar refractivity (Wildman–Crippen MR) is 79.3 cm³/mol. The van der Waals surface area contributed by atoms with Gasteiger partial charge in [-0.15, -0.1) is 0 Å². The maximum Gasteiger partial charge on any atom is 0.228 e. The Hall–Kier alpha value is -1.33. The molecule has 2 N–H and O–H groups in total. The number of hydrogen-bond donors (Lipinski definition) is 1. The highest BCUT2D eigenvalue weighted by Crippen LogP contribution is 2.32. The molecule has 5 heteroatoms. The summed E-state index contributed by atoms with van der Waals surface area (Å²) in [5.74, 6) is 0.573. The minimum Gasteiger partial charge on any atom is -0.436 e. The van der Waals surface area contributed by atoms with Crippen LogP contribution in [0.4, 0.5) is 5.69 Å². The van der Waals surface area contributed by atoms with Gasteiger partial charge >= 0.3 is 0 Å². The van der Waals surface area contributed by atoms with Gasteiger partial charge in [-0.2, -0.15) is 0 Å². The molecule has 0 spiro atoms. The summed E-state index contributed by atoms with van der Waals surface area (Å²) in [6.45, 7) is 0. The lowest BCUT2D eigenvalue weighted by molar-refractivity contribution is 0.619. The number of benzene rings is 2. The van der Waals surface area contributed by atoms with E-state index in [0.717, 1.165) is 20.0 Å². The van der Waals surface area contributed by atoms with Gasteiger partial charge < -0.3 is 10.2 Å². The second-order valence-electron chi connectivity index (χ2n) is 3.87. The molecular formula is C13H8Br2N2O. The van der Waals surface area contributed by atoms with Crippen LogP contribution >= 0.6 is 31.9 Å². The Kier molecular flexibility index (Phi) is 2.87. The van der Waals surface area contributed by atoms with Crippen molar-refractivity contribution in [2.24, 2.45) is 0 Å². The van der Waals surface area contributed by atoms with Crippen molar-refractivity contribution in [3.05, 3.63) is 45.3 Å². The number of hydrogen-bond acceptors (Lipinski definition) is 3. The van der Waals surface area contributed by atoms with Crippen LogP contribution < -0.4 is 5.73 Å². The summed E-state index contributed by atoms with van der Waals surface area (Å²) >= 11 is 6.93. The smallest absolute Gasteiger partial charge is 0.228 e. The molecule has 3 aromatic rings. The largest absolute Gasteiger partial charge is 0.436 e. The fourth-order valence-electron chi connectivity index (χ4n) is 1.72. The molecule has 0 amide bonds. The second kappa shape index (κ2) is 4.40. The molecule has 0 atom stereocenters. The minimum atomic E-state index is 0.573. The van der Waals surface area contributed by atoms with Crippen LogP contribution in [0.15, 0.2) is 49.8 Å². The molecule has 90 valence electrons. The van der Waals surface area contributed by atoms with Crippen molar-refractivity contribution < 1.29 is 4.42 Å². The average Bonchev–Trinajstić information content (AvgIpc) is 2.74. The van der Waals surface area contributed by atoms with E-state index < -0.39 is 0 Å². The quantitative estimate of drug-likeness (QED) is 0.639. The van der Waals surface area contributed by atoms with Crippen LogP contribution in [0.2, 0.25) is 0 Å². The van der Waals surface area contributed by atoms with Crippen LogP contribution in [0.5, 0.6) is 0 Å². The topological polar surface area (TPSA) is 52.0 Å². The van der Waals surface area contributed by atoms with Crippen LogP contribution in [0.3, 0.4) is 0 Å². The maximum absolute atomic E-state index is 5.73. The zero-order chi connectivity index (χ0) is 12.7. The first-order valence-electron chi connectivity index (χ1n) is 5.25. The number of nitrogens with zero attached hydrogens (tertiary/aromatic N) is 1. The van der Waals surface area contributed by atoms with Crippen LogP contribution in [-0.2, 0) is 0 Å². The van der Waals surface area contributed by atoms with Crippen molar-refractivity contribution in [3.8, 4) is 11.5 Å². The Balaban J connectivity index is 2.22. The van der Waals surface area contributed by atoms with E-state index in [9.17, 15) is 0 Å². The summed E-state index contributed by atoms with van der Waals surface area (Å²) in [5.41, 5.74) is 8.78. The summed E-state index contributed by atoms with van der Waals surface area (Å²) in [6, 6.07) is 11.3. The van der Waals surface area contributed by atoms with E-state index in [1.807, 2.05) is 30.3 Å². The third kappa shape index (κ3) is 2.04. The van der Waals surface area contributed by atoms with Gasteiger partial charge in [0.05, 0.1) is 5.56 Å². The molecule has 0 aliphatic carbocycles. The van der Waals surface area contributed by atoms with Gasteiger partial charge in [0.1, 0.15) is 5.52 Å². The zero-order valence-electron chi connectivity index (χ0n) is 9.15. The maximum atomic E-state index is 5.73. The summed E-state index contributed by atoms with van der Waals surface area (Å²) < 4.78 is 7.64. The summed E-state index contributed by atoms with van der Waals surface area (Å²) in [6.07, 6.45) is 0. The van der Waals surface area contributed by atoms with E-state index in [0.29, 0.717) is 17.2 Å². The number of halogens is 2. The van der Waals surface area contributed by atoms with Crippen molar-refractivity contribution in [1.82, 2.24) is 4.98 Å². The molecule has 0 aliphatic rings. The Morgan fingerprint density at radius 3 is 2.72 bits per heavy atom. The van der Waals surface area contributed by atoms with Crippen molar-refractivity contribution in [2.75, 3.05) is 5.73 Å². The van der Waals surface area contributed by atoms with Gasteiger partial charge in [0, 0.05) is 20.7 Å². The highest BCUT2D eigenvalue weighted by atomic mass is 79.9. The first-order valence-corrected chi connectivity index (χ1v) is 6.83. The van der Waals surface area contributed by atoms with Gasteiger partial charge in [0.15, 0.2) is 5.58 Å². The lowest BCUT2D eigenvalue weighted by Crippen LogP contribution is -1.81. The Labute approximate surface area is 120 Å². The van der Waals surface area contributed by atoms with E-state index in [4.69, 9.17) is 10.2 Å². The molecule has 0 aliphatic heterocycles. The number of nitrogens with two attached hydrogens (primary N) is 1. The van der Waals surface area contributed by atoms with E-state index >= 15 is 0 Å². The standard InChI is InChI=1S/C13H8Br2N2O/c14-7-1-3-10(15)9(5-7)13-17-11-4-2-8(16)6-12(11)18-13/h1-6H,16H2. The average molecular weight is 368 g/mol. The number of anilines is 1. The lowest BCUT2D eigenvalue weighted by atomic mass is 10.2. The van der Waals surface area contributed by atoms with Crippen molar-refractivity contribution in [3.63, 3.8) is 0 Å². The SMILES string of the molecule is Nc1ccc2nc(-c3cc(Br)ccc3Br)oc2c1. The molecule has 3 rings (SSSR count). The molecule has 0 saturated heterocycles. The monoisotopic (exact) mass is 366 g/mol. The van der Waals surface area contributed by atoms with Gasteiger partial charge in [-0.1, -0.05) is 15.9 Å². The second-order valence-corrected chi connectivity index (χ2v) is 5.64. The van der Waals surface area contributed by atoms with Gasteiger partial charge in [-0.25, -0.2) is 4.98 Å². The van der Waals surface area contributed by atoms with E-state index in [2.05, 4.69) is 36.8 Å². The molecule has 3 nitrogen and oxygen atoms in total. The van der Waals surface area contributed by atoms with Crippen LogP contribution in [0.25, 0.3) is 22.6 Å². The fourth-order valence-corrected chi connectivity index (χ4v) is 2.50. The van der Waals surface area contributed by atoms with Gasteiger partial charge in [-0.3, -0.25) is 0 Å². The third-order valence-electron chi connectivity index (χ3n) is 2.57. The normalized spacial score (nSPS) is 11.0.